The van der Waals surface area contributed by atoms with Crippen molar-refractivity contribution in [2.75, 3.05) is 13.2 Å². The number of carbonyl (C=O) groups excluding carboxylic acids is 2. The molecular formula is C16H23NO4Si. The number of ether oxygens (including phenoxy) is 2. The average Bonchev–Trinajstić information content (AvgIpc) is 2.42. The Balaban J connectivity index is 2.66. The second-order valence-corrected chi connectivity index (χ2v) is 10.8. The van der Waals surface area contributed by atoms with Gasteiger partial charge in [-0.15, -0.1) is 0 Å². The third-order valence-electron chi connectivity index (χ3n) is 2.88. The number of rotatable bonds is 6. The van der Waals surface area contributed by atoms with Crippen LogP contribution in [-0.2, 0) is 9.53 Å². The maximum atomic E-state index is 12.3. The summed E-state index contributed by atoms with van der Waals surface area (Å²) < 4.78 is 12.1. The van der Waals surface area contributed by atoms with Crippen LogP contribution in [0.5, 0.6) is 5.75 Å². The average molecular weight is 321 g/mol. The van der Waals surface area contributed by atoms with Crippen molar-refractivity contribution in [3.8, 4) is 5.75 Å². The summed E-state index contributed by atoms with van der Waals surface area (Å²) in [5.41, 5.74) is 0.339. The quantitative estimate of drug-likeness (QED) is 0.457. The number of amides is 1. The highest BCUT2D eigenvalue weighted by atomic mass is 28.3. The Bertz CT molecular complexity index is 537. The van der Waals surface area contributed by atoms with Crippen LogP contribution in [0.15, 0.2) is 42.5 Å². The highest BCUT2D eigenvalue weighted by Crippen LogP contribution is 2.15. The summed E-state index contributed by atoms with van der Waals surface area (Å²) in [7, 11) is -1.96. The zero-order valence-electron chi connectivity index (χ0n) is 13.6. The van der Waals surface area contributed by atoms with Gasteiger partial charge in [-0.1, -0.05) is 44.4 Å². The minimum absolute atomic E-state index is 0.125. The van der Waals surface area contributed by atoms with Gasteiger partial charge in [0.1, 0.15) is 12.4 Å². The first-order chi connectivity index (χ1) is 10.2. The van der Waals surface area contributed by atoms with Crippen LogP contribution in [0.25, 0.3) is 0 Å². The summed E-state index contributed by atoms with van der Waals surface area (Å²) in [4.78, 5) is 23.7. The third-order valence-corrected chi connectivity index (χ3v) is 4.90. The predicted octanol–water partition coefficient (Wildman–Crippen LogP) is 3.44. The maximum Gasteiger partial charge on any atom is 0.407 e. The second-order valence-electron chi connectivity index (χ2n) is 5.92. The minimum atomic E-state index is -1.96. The van der Waals surface area contributed by atoms with Gasteiger partial charge in [-0.25, -0.2) is 9.59 Å². The Morgan fingerprint density at radius 1 is 1.18 bits per heavy atom. The number of benzene rings is 1. The van der Waals surface area contributed by atoms with Gasteiger partial charge in [0, 0.05) is 12.1 Å². The lowest BCUT2D eigenvalue weighted by Gasteiger charge is -2.32. The molecule has 0 atom stereocenters. The summed E-state index contributed by atoms with van der Waals surface area (Å²) in [6.45, 7) is 11.6. The van der Waals surface area contributed by atoms with E-state index in [0.29, 0.717) is 17.9 Å². The molecule has 22 heavy (non-hydrogen) atoms. The van der Waals surface area contributed by atoms with Crippen molar-refractivity contribution in [1.82, 2.24) is 4.57 Å². The van der Waals surface area contributed by atoms with Crippen LogP contribution in [0.3, 0.4) is 0 Å². The highest BCUT2D eigenvalue weighted by molar-refractivity contribution is 6.75. The van der Waals surface area contributed by atoms with Gasteiger partial charge < -0.3 is 14.0 Å². The van der Waals surface area contributed by atoms with Crippen molar-refractivity contribution in [2.45, 2.75) is 26.6 Å². The van der Waals surface area contributed by atoms with E-state index in [2.05, 4.69) is 6.58 Å². The van der Waals surface area contributed by atoms with E-state index in [4.69, 9.17) is 9.47 Å². The second kappa shape index (κ2) is 7.79. The molecule has 0 fully saturated rings. The molecule has 0 aliphatic rings. The third kappa shape index (κ3) is 5.73. The lowest BCUT2D eigenvalue weighted by molar-refractivity contribution is -0.139. The van der Waals surface area contributed by atoms with E-state index in [1.165, 1.54) is 0 Å². The van der Waals surface area contributed by atoms with Crippen molar-refractivity contribution in [3.63, 3.8) is 0 Å². The first kappa shape index (κ1) is 18.0. The molecule has 6 heteroatoms. The Hall–Kier alpha value is -2.08. The van der Waals surface area contributed by atoms with Crippen molar-refractivity contribution >= 4 is 20.3 Å². The van der Waals surface area contributed by atoms with Crippen molar-refractivity contribution in [1.29, 1.82) is 0 Å². The molecule has 0 bridgehead atoms. The monoisotopic (exact) mass is 321 g/mol. The highest BCUT2D eigenvalue weighted by Gasteiger charge is 2.30. The number of nitrogens with zero attached hydrogens (tertiary/aromatic N) is 1. The Morgan fingerprint density at radius 3 is 2.27 bits per heavy atom. The molecule has 0 aliphatic heterocycles. The molecule has 1 aromatic rings. The molecule has 0 saturated heterocycles. The topological polar surface area (TPSA) is 55.8 Å². The van der Waals surface area contributed by atoms with Gasteiger partial charge in [0.05, 0.1) is 0 Å². The molecule has 0 unspecified atom stereocenters. The molecule has 0 N–H and O–H groups in total. The van der Waals surface area contributed by atoms with E-state index in [0.717, 1.165) is 0 Å². The normalized spacial score (nSPS) is 10.7. The van der Waals surface area contributed by atoms with E-state index in [1.54, 1.807) is 35.8 Å². The molecule has 1 aromatic carbocycles. The van der Waals surface area contributed by atoms with Crippen LogP contribution >= 0.6 is 0 Å². The molecule has 0 saturated carbocycles. The Labute approximate surface area is 132 Å². The zero-order valence-corrected chi connectivity index (χ0v) is 14.6. The molecule has 0 aliphatic carbocycles. The van der Waals surface area contributed by atoms with E-state index in [1.807, 2.05) is 25.7 Å². The van der Waals surface area contributed by atoms with E-state index in [-0.39, 0.29) is 6.61 Å². The molecular weight excluding hydrogens is 298 g/mol. The van der Waals surface area contributed by atoms with E-state index >= 15 is 0 Å². The minimum Gasteiger partial charge on any atom is -0.460 e. The summed E-state index contributed by atoms with van der Waals surface area (Å²) in [5, 5.41) is 0. The van der Waals surface area contributed by atoms with Gasteiger partial charge in [-0.3, -0.25) is 0 Å². The fourth-order valence-corrected chi connectivity index (χ4v) is 3.05. The van der Waals surface area contributed by atoms with Crippen LogP contribution in [0.1, 0.15) is 6.92 Å². The first-order valence-corrected chi connectivity index (χ1v) is 10.5. The Kier molecular flexibility index (Phi) is 6.36. The molecule has 1 amide bonds. The van der Waals surface area contributed by atoms with Gasteiger partial charge in [-0.2, -0.15) is 0 Å². The van der Waals surface area contributed by atoms with Gasteiger partial charge in [0.25, 0.3) is 0 Å². The molecule has 0 radical (unpaired) electrons. The summed E-state index contributed by atoms with van der Waals surface area (Å²) in [6, 6.07) is 8.90. The van der Waals surface area contributed by atoms with Gasteiger partial charge in [-0.05, 0) is 19.1 Å². The van der Waals surface area contributed by atoms with Gasteiger partial charge in [0.2, 0.25) is 0 Å². The van der Waals surface area contributed by atoms with Crippen LogP contribution in [0.4, 0.5) is 4.79 Å². The number of esters is 1. The molecule has 1 rings (SSSR count). The largest absolute Gasteiger partial charge is 0.460 e. The van der Waals surface area contributed by atoms with Gasteiger partial charge >= 0.3 is 12.1 Å². The molecule has 120 valence electrons. The molecule has 0 heterocycles. The maximum absolute atomic E-state index is 12.3. The van der Waals surface area contributed by atoms with E-state index < -0.39 is 20.3 Å². The number of hydrogen-bond donors (Lipinski definition) is 0. The number of para-hydroxylation sites is 1. The lowest BCUT2D eigenvalue weighted by Crippen LogP contribution is -2.52. The van der Waals surface area contributed by atoms with Crippen LogP contribution in [-0.4, -0.2) is 38.0 Å². The van der Waals surface area contributed by atoms with Crippen molar-refractivity contribution in [3.05, 3.63) is 42.5 Å². The summed E-state index contributed by atoms with van der Waals surface area (Å²) in [5.74, 6) is 0.0432. The fraction of sp³-hybridized carbons (Fsp3) is 0.375. The van der Waals surface area contributed by atoms with E-state index in [9.17, 15) is 9.59 Å². The summed E-state index contributed by atoms with van der Waals surface area (Å²) in [6.07, 6.45) is -0.420. The van der Waals surface area contributed by atoms with Crippen molar-refractivity contribution in [2.24, 2.45) is 0 Å². The SMILES string of the molecule is C=C(C)C(=O)OCCN(C(=O)Oc1ccccc1)[Si](C)(C)C. The summed E-state index contributed by atoms with van der Waals surface area (Å²) >= 11 is 0. The lowest BCUT2D eigenvalue weighted by atomic mass is 10.3. The number of hydrogen-bond acceptors (Lipinski definition) is 4. The van der Waals surface area contributed by atoms with Crippen molar-refractivity contribution < 1.29 is 19.1 Å². The molecule has 0 aromatic heterocycles. The Morgan fingerprint density at radius 2 is 1.77 bits per heavy atom. The smallest absolute Gasteiger partial charge is 0.407 e. The van der Waals surface area contributed by atoms with Crippen LogP contribution < -0.4 is 4.74 Å². The standard InChI is InChI=1S/C16H23NO4Si/c1-13(2)15(18)20-12-11-17(22(3,4)5)16(19)21-14-9-7-6-8-10-14/h6-10H,1,11-12H2,2-5H3. The predicted molar refractivity (Wildman–Crippen MR) is 88.3 cm³/mol. The molecule has 5 nitrogen and oxygen atoms in total. The zero-order chi connectivity index (χ0) is 16.8. The first-order valence-electron chi connectivity index (χ1n) is 7.09. The fourth-order valence-electron chi connectivity index (χ4n) is 1.70. The van der Waals surface area contributed by atoms with Crippen LogP contribution in [0.2, 0.25) is 19.6 Å². The van der Waals surface area contributed by atoms with Gasteiger partial charge in [0.15, 0.2) is 8.24 Å². The number of carbonyl (C=O) groups is 2. The van der Waals surface area contributed by atoms with Crippen LogP contribution in [0, 0.1) is 0 Å². The molecule has 0 spiro atoms.